The van der Waals surface area contributed by atoms with Crippen molar-refractivity contribution in [1.29, 1.82) is 0 Å². The standard InChI is InChI=1S/C20H25N5O4/c1-16(22-9-11-23(12-10-22)17-5-3-2-4-6-17)13-21-19(26)15-24-14-18(25(28)29)7-8-20(24)27/h2-8,14,16H,9-13,15H2,1H3,(H,21,26). The summed E-state index contributed by atoms with van der Waals surface area (Å²) in [7, 11) is 0. The van der Waals surface area contributed by atoms with Gasteiger partial charge in [0.1, 0.15) is 6.54 Å². The lowest BCUT2D eigenvalue weighted by molar-refractivity contribution is -0.385. The van der Waals surface area contributed by atoms with Crippen LogP contribution >= 0.6 is 0 Å². The van der Waals surface area contributed by atoms with E-state index in [2.05, 4.69) is 34.2 Å². The summed E-state index contributed by atoms with van der Waals surface area (Å²) in [5.41, 5.74) is 0.549. The number of piperazine rings is 1. The van der Waals surface area contributed by atoms with E-state index in [9.17, 15) is 19.7 Å². The second kappa shape index (κ2) is 9.33. The molecule has 0 aliphatic carbocycles. The molecule has 2 heterocycles. The second-order valence-electron chi connectivity index (χ2n) is 7.12. The number of nitrogens with zero attached hydrogens (tertiary/aromatic N) is 4. The molecule has 1 N–H and O–H groups in total. The predicted octanol–water partition coefficient (Wildman–Crippen LogP) is 1.08. The number of benzene rings is 1. The first-order valence-electron chi connectivity index (χ1n) is 9.59. The lowest BCUT2D eigenvalue weighted by Gasteiger charge is -2.39. The maximum absolute atomic E-state index is 12.2. The number of amides is 1. The van der Waals surface area contributed by atoms with Crippen LogP contribution in [-0.2, 0) is 11.3 Å². The van der Waals surface area contributed by atoms with E-state index in [4.69, 9.17) is 0 Å². The molecule has 1 aliphatic heterocycles. The van der Waals surface area contributed by atoms with Gasteiger partial charge in [0.15, 0.2) is 0 Å². The summed E-state index contributed by atoms with van der Waals surface area (Å²) in [6.45, 7) is 5.91. The van der Waals surface area contributed by atoms with Crippen molar-refractivity contribution in [3.63, 3.8) is 0 Å². The molecule has 1 unspecified atom stereocenters. The number of carbonyl (C=O) groups is 1. The minimum atomic E-state index is -0.592. The lowest BCUT2D eigenvalue weighted by Crippen LogP contribution is -2.52. The number of hydrogen-bond acceptors (Lipinski definition) is 6. The maximum atomic E-state index is 12.2. The Bertz CT molecular complexity index is 907. The van der Waals surface area contributed by atoms with Crippen LogP contribution in [0.1, 0.15) is 6.92 Å². The predicted molar refractivity (Wildman–Crippen MR) is 110 cm³/mol. The summed E-state index contributed by atoms with van der Waals surface area (Å²) in [5, 5.41) is 13.7. The Labute approximate surface area is 168 Å². The summed E-state index contributed by atoms with van der Waals surface area (Å²) in [6.07, 6.45) is 1.09. The highest BCUT2D eigenvalue weighted by Crippen LogP contribution is 2.16. The van der Waals surface area contributed by atoms with E-state index >= 15 is 0 Å². The van der Waals surface area contributed by atoms with E-state index in [0.29, 0.717) is 6.54 Å². The fraction of sp³-hybridized carbons (Fsp3) is 0.400. The Balaban J connectivity index is 1.47. The SMILES string of the molecule is CC(CNC(=O)Cn1cc([N+](=O)[O-])ccc1=O)N1CCN(c2ccccc2)CC1. The molecule has 9 nitrogen and oxygen atoms in total. The molecule has 1 aliphatic rings. The lowest BCUT2D eigenvalue weighted by atomic mass is 10.2. The zero-order valence-electron chi connectivity index (χ0n) is 16.4. The van der Waals surface area contributed by atoms with Crippen molar-refractivity contribution in [2.24, 2.45) is 0 Å². The van der Waals surface area contributed by atoms with Gasteiger partial charge in [0.25, 0.3) is 11.2 Å². The largest absolute Gasteiger partial charge is 0.369 e. The second-order valence-corrected chi connectivity index (χ2v) is 7.12. The number of pyridine rings is 1. The number of nitrogens with one attached hydrogen (secondary N) is 1. The summed E-state index contributed by atoms with van der Waals surface area (Å²) in [6, 6.07) is 12.7. The zero-order chi connectivity index (χ0) is 20.8. The van der Waals surface area contributed by atoms with Gasteiger partial charge in [-0.1, -0.05) is 18.2 Å². The molecule has 1 aromatic carbocycles. The number of nitro groups is 1. The van der Waals surface area contributed by atoms with Crippen molar-refractivity contribution < 1.29 is 9.72 Å². The average molecular weight is 399 g/mol. The first kappa shape index (κ1) is 20.5. The molecule has 154 valence electrons. The van der Waals surface area contributed by atoms with Crippen LogP contribution in [0.15, 0.2) is 53.5 Å². The number of rotatable bonds is 7. The topological polar surface area (TPSA) is 101 Å². The van der Waals surface area contributed by atoms with E-state index < -0.39 is 10.5 Å². The molecular weight excluding hydrogens is 374 g/mol. The van der Waals surface area contributed by atoms with Gasteiger partial charge >= 0.3 is 0 Å². The number of anilines is 1. The summed E-state index contributed by atoms with van der Waals surface area (Å²) < 4.78 is 1.05. The number of carbonyl (C=O) groups excluding carboxylic acids is 1. The van der Waals surface area contributed by atoms with E-state index in [1.54, 1.807) is 0 Å². The Morgan fingerprint density at radius 1 is 1.14 bits per heavy atom. The highest BCUT2D eigenvalue weighted by atomic mass is 16.6. The molecule has 29 heavy (non-hydrogen) atoms. The fourth-order valence-corrected chi connectivity index (χ4v) is 3.41. The Morgan fingerprint density at radius 2 is 1.83 bits per heavy atom. The third kappa shape index (κ3) is 5.41. The highest BCUT2D eigenvalue weighted by molar-refractivity contribution is 5.75. The average Bonchev–Trinajstić information content (AvgIpc) is 2.74. The Morgan fingerprint density at radius 3 is 2.48 bits per heavy atom. The maximum Gasteiger partial charge on any atom is 0.285 e. The molecule has 1 amide bonds. The van der Waals surface area contributed by atoms with Crippen LogP contribution in [0.3, 0.4) is 0 Å². The van der Waals surface area contributed by atoms with Crippen LogP contribution in [0.4, 0.5) is 11.4 Å². The Kier molecular flexibility index (Phi) is 6.61. The molecule has 1 atom stereocenters. The van der Waals surface area contributed by atoms with E-state index in [1.807, 2.05) is 18.2 Å². The molecule has 2 aromatic rings. The van der Waals surface area contributed by atoms with E-state index in [1.165, 1.54) is 5.69 Å². The molecule has 1 aromatic heterocycles. The molecular formula is C20H25N5O4. The van der Waals surface area contributed by atoms with Crippen LogP contribution in [0, 0.1) is 10.1 Å². The number of aromatic nitrogens is 1. The van der Waals surface area contributed by atoms with Gasteiger partial charge in [-0.05, 0) is 19.1 Å². The number of para-hydroxylation sites is 1. The van der Waals surface area contributed by atoms with Crippen molar-refractivity contribution in [2.75, 3.05) is 37.6 Å². The third-order valence-corrected chi connectivity index (χ3v) is 5.15. The molecule has 0 saturated carbocycles. The summed E-state index contributed by atoms with van der Waals surface area (Å²) in [4.78, 5) is 38.9. The van der Waals surface area contributed by atoms with Crippen molar-refractivity contribution in [2.45, 2.75) is 19.5 Å². The van der Waals surface area contributed by atoms with Gasteiger partial charge in [-0.3, -0.25) is 29.2 Å². The van der Waals surface area contributed by atoms with Crippen LogP contribution < -0.4 is 15.8 Å². The summed E-state index contributed by atoms with van der Waals surface area (Å²) in [5.74, 6) is -0.345. The first-order valence-corrected chi connectivity index (χ1v) is 9.59. The zero-order valence-corrected chi connectivity index (χ0v) is 16.4. The van der Waals surface area contributed by atoms with E-state index in [0.717, 1.165) is 49.1 Å². The van der Waals surface area contributed by atoms with Crippen LogP contribution in [0.5, 0.6) is 0 Å². The fourth-order valence-electron chi connectivity index (χ4n) is 3.41. The van der Waals surface area contributed by atoms with Gasteiger partial charge in [-0.15, -0.1) is 0 Å². The molecule has 1 fully saturated rings. The van der Waals surface area contributed by atoms with Crippen molar-refractivity contribution in [3.05, 3.63) is 69.1 Å². The Hall–Kier alpha value is -3.20. The molecule has 0 spiro atoms. The molecule has 3 rings (SSSR count). The summed E-state index contributed by atoms with van der Waals surface area (Å²) >= 11 is 0. The van der Waals surface area contributed by atoms with Crippen molar-refractivity contribution in [3.8, 4) is 0 Å². The minimum Gasteiger partial charge on any atom is -0.369 e. The monoisotopic (exact) mass is 399 g/mol. The van der Waals surface area contributed by atoms with Crippen LogP contribution in [0.25, 0.3) is 0 Å². The van der Waals surface area contributed by atoms with Crippen LogP contribution in [-0.4, -0.2) is 59.1 Å². The first-order chi connectivity index (χ1) is 13.9. The van der Waals surface area contributed by atoms with E-state index in [-0.39, 0.29) is 24.2 Å². The molecule has 1 saturated heterocycles. The van der Waals surface area contributed by atoms with Gasteiger partial charge in [0.05, 0.1) is 11.1 Å². The molecule has 0 bridgehead atoms. The quantitative estimate of drug-likeness (QED) is 0.552. The van der Waals surface area contributed by atoms with Gasteiger partial charge in [-0.25, -0.2) is 0 Å². The van der Waals surface area contributed by atoms with Crippen LogP contribution in [0.2, 0.25) is 0 Å². The normalized spacial score (nSPS) is 15.7. The van der Waals surface area contributed by atoms with Crippen molar-refractivity contribution >= 4 is 17.3 Å². The van der Waals surface area contributed by atoms with Gasteiger partial charge < -0.3 is 10.2 Å². The smallest absolute Gasteiger partial charge is 0.285 e. The van der Waals surface area contributed by atoms with Gasteiger partial charge in [0.2, 0.25) is 5.91 Å². The number of hydrogen-bond donors (Lipinski definition) is 1. The van der Waals surface area contributed by atoms with Crippen molar-refractivity contribution in [1.82, 2.24) is 14.8 Å². The van der Waals surface area contributed by atoms with Gasteiger partial charge in [-0.2, -0.15) is 0 Å². The minimum absolute atomic E-state index is 0.152. The third-order valence-electron chi connectivity index (χ3n) is 5.15. The molecule has 9 heteroatoms. The highest BCUT2D eigenvalue weighted by Gasteiger charge is 2.21. The van der Waals surface area contributed by atoms with Gasteiger partial charge in [0, 0.05) is 56.6 Å². The molecule has 0 radical (unpaired) electrons.